The van der Waals surface area contributed by atoms with Gasteiger partial charge in [-0.15, -0.1) is 0 Å². The van der Waals surface area contributed by atoms with Gasteiger partial charge >= 0.3 is 0 Å². The van der Waals surface area contributed by atoms with Crippen LogP contribution in [-0.2, 0) is 4.79 Å². The topological polar surface area (TPSA) is 29.1 Å². The molecule has 0 radical (unpaired) electrons. The van der Waals surface area contributed by atoms with Gasteiger partial charge < -0.3 is 5.32 Å². The van der Waals surface area contributed by atoms with Crippen molar-refractivity contribution >= 4 is 5.91 Å². The lowest BCUT2D eigenvalue weighted by atomic mass is 10.0. The Labute approximate surface area is 92.8 Å². The van der Waals surface area contributed by atoms with Crippen LogP contribution in [0.15, 0.2) is 34.9 Å². The zero-order chi connectivity index (χ0) is 11.8. The van der Waals surface area contributed by atoms with Crippen molar-refractivity contribution in [1.82, 2.24) is 5.32 Å². The molecular weight excluding hydrogens is 186 g/mol. The lowest BCUT2D eigenvalue weighted by molar-refractivity contribution is -0.116. The van der Waals surface area contributed by atoms with Crippen LogP contribution in [0.3, 0.4) is 0 Å². The van der Waals surface area contributed by atoms with Gasteiger partial charge in [-0.3, -0.25) is 4.79 Å². The molecule has 15 heavy (non-hydrogen) atoms. The molecule has 0 atom stereocenters. The molecule has 0 bridgehead atoms. The number of nitrogens with one attached hydrogen (secondary N) is 1. The van der Waals surface area contributed by atoms with E-state index in [1.807, 2.05) is 52.8 Å². The summed E-state index contributed by atoms with van der Waals surface area (Å²) in [6, 6.07) is 0. The zero-order valence-corrected chi connectivity index (χ0v) is 10.3. The summed E-state index contributed by atoms with van der Waals surface area (Å²) < 4.78 is 0. The third kappa shape index (κ3) is 3.39. The molecule has 1 heterocycles. The number of rotatable bonds is 2. The average molecular weight is 207 g/mol. The zero-order valence-electron chi connectivity index (χ0n) is 10.3. The van der Waals surface area contributed by atoms with Gasteiger partial charge in [-0.05, 0) is 31.9 Å². The highest BCUT2D eigenvalue weighted by Gasteiger charge is 2.21. The van der Waals surface area contributed by atoms with Crippen LogP contribution in [0.1, 0.15) is 34.6 Å². The maximum absolute atomic E-state index is 11.4. The van der Waals surface area contributed by atoms with Gasteiger partial charge in [0.25, 0.3) is 5.91 Å². The summed E-state index contributed by atoms with van der Waals surface area (Å²) in [7, 11) is 0. The van der Waals surface area contributed by atoms with Crippen molar-refractivity contribution in [1.29, 1.82) is 0 Å². The molecule has 0 saturated heterocycles. The number of amides is 1. The molecule has 0 spiro atoms. The Hall–Kier alpha value is -1.31. The van der Waals surface area contributed by atoms with E-state index in [9.17, 15) is 4.79 Å². The van der Waals surface area contributed by atoms with Gasteiger partial charge in [0.15, 0.2) is 0 Å². The van der Waals surface area contributed by atoms with Crippen molar-refractivity contribution in [2.45, 2.75) is 34.6 Å². The van der Waals surface area contributed by atoms with Crippen LogP contribution in [0, 0.1) is 0 Å². The first-order valence-electron chi connectivity index (χ1n) is 5.48. The minimum absolute atomic E-state index is 0.0451. The molecule has 2 heteroatoms. The van der Waals surface area contributed by atoms with Crippen molar-refractivity contribution in [2.75, 3.05) is 6.54 Å². The molecule has 1 N–H and O–H groups in total. The van der Waals surface area contributed by atoms with Crippen LogP contribution in [0.25, 0.3) is 0 Å². The Balaban J connectivity index is 0.000000921. The molecule has 1 aliphatic heterocycles. The fraction of sp³-hybridized carbons (Fsp3) is 0.462. The smallest absolute Gasteiger partial charge is 0.252 e. The van der Waals surface area contributed by atoms with Gasteiger partial charge in [-0.2, -0.15) is 0 Å². The SMILES string of the molecule is C/C=C\C1=C(C(/C)=C\C)C(=O)NC1.CC. The van der Waals surface area contributed by atoms with E-state index in [0.717, 1.165) is 16.7 Å². The maximum atomic E-state index is 11.4. The van der Waals surface area contributed by atoms with Crippen LogP contribution in [-0.4, -0.2) is 12.5 Å². The normalized spacial score (nSPS) is 16.6. The van der Waals surface area contributed by atoms with Gasteiger partial charge in [0.1, 0.15) is 0 Å². The first kappa shape index (κ1) is 13.7. The molecular formula is C13H21NO. The molecule has 1 rings (SSSR count). The summed E-state index contributed by atoms with van der Waals surface area (Å²) in [5.74, 6) is 0.0451. The molecule has 2 nitrogen and oxygen atoms in total. The average Bonchev–Trinajstić information content (AvgIpc) is 2.62. The first-order chi connectivity index (χ1) is 7.20. The molecule has 1 amide bonds. The molecule has 1 aliphatic rings. The van der Waals surface area contributed by atoms with E-state index >= 15 is 0 Å². The number of hydrogen-bond donors (Lipinski definition) is 1. The summed E-state index contributed by atoms with van der Waals surface area (Å²) >= 11 is 0. The van der Waals surface area contributed by atoms with Gasteiger partial charge in [0.2, 0.25) is 0 Å². The van der Waals surface area contributed by atoms with Crippen molar-refractivity contribution in [2.24, 2.45) is 0 Å². The van der Waals surface area contributed by atoms with E-state index < -0.39 is 0 Å². The highest BCUT2D eigenvalue weighted by Crippen LogP contribution is 2.20. The Kier molecular flexibility index (Phi) is 6.43. The predicted octanol–water partition coefficient (Wildman–Crippen LogP) is 2.98. The standard InChI is InChI=1S/C11H15NO.C2H6/c1-4-6-9-7-12-11(13)10(9)8(3)5-2;1-2/h4-6H,7H2,1-3H3,(H,12,13);1-2H3/b6-4-,8-5-;. The van der Waals surface area contributed by atoms with Crippen molar-refractivity contribution < 1.29 is 4.79 Å². The quantitative estimate of drug-likeness (QED) is 0.741. The highest BCUT2D eigenvalue weighted by atomic mass is 16.1. The summed E-state index contributed by atoms with van der Waals surface area (Å²) in [5, 5.41) is 2.81. The van der Waals surface area contributed by atoms with Gasteiger partial charge in [0.05, 0.1) is 0 Å². The molecule has 0 aromatic rings. The maximum Gasteiger partial charge on any atom is 0.252 e. The summed E-state index contributed by atoms with van der Waals surface area (Å²) in [6.45, 7) is 10.5. The van der Waals surface area contributed by atoms with E-state index in [2.05, 4.69) is 5.32 Å². The van der Waals surface area contributed by atoms with E-state index in [1.165, 1.54) is 0 Å². The first-order valence-corrected chi connectivity index (χ1v) is 5.48. The van der Waals surface area contributed by atoms with Crippen molar-refractivity contribution in [3.8, 4) is 0 Å². The van der Waals surface area contributed by atoms with Crippen LogP contribution in [0.2, 0.25) is 0 Å². The Bertz CT molecular complexity index is 308. The van der Waals surface area contributed by atoms with Crippen LogP contribution in [0.5, 0.6) is 0 Å². The Morgan fingerprint density at radius 3 is 2.40 bits per heavy atom. The lowest BCUT2D eigenvalue weighted by Crippen LogP contribution is -2.17. The lowest BCUT2D eigenvalue weighted by Gasteiger charge is -2.00. The van der Waals surface area contributed by atoms with E-state index in [4.69, 9.17) is 0 Å². The Morgan fingerprint density at radius 1 is 1.33 bits per heavy atom. The summed E-state index contributed by atoms with van der Waals surface area (Å²) in [5.41, 5.74) is 2.96. The molecule has 0 saturated carbocycles. The van der Waals surface area contributed by atoms with Crippen LogP contribution >= 0.6 is 0 Å². The van der Waals surface area contributed by atoms with Crippen LogP contribution in [0.4, 0.5) is 0 Å². The number of carbonyl (C=O) groups excluding carboxylic acids is 1. The molecule has 0 fully saturated rings. The minimum atomic E-state index is 0.0451. The number of hydrogen-bond acceptors (Lipinski definition) is 1. The van der Waals surface area contributed by atoms with Gasteiger partial charge in [-0.25, -0.2) is 0 Å². The number of carbonyl (C=O) groups is 1. The van der Waals surface area contributed by atoms with Gasteiger partial charge in [-0.1, -0.05) is 32.1 Å². The monoisotopic (exact) mass is 207 g/mol. The second-order valence-electron chi connectivity index (χ2n) is 3.05. The molecule has 0 aliphatic carbocycles. The predicted molar refractivity (Wildman–Crippen MR) is 65.6 cm³/mol. The second-order valence-corrected chi connectivity index (χ2v) is 3.05. The molecule has 0 aromatic carbocycles. The van der Waals surface area contributed by atoms with E-state index in [1.54, 1.807) is 0 Å². The van der Waals surface area contributed by atoms with Crippen molar-refractivity contribution in [3.63, 3.8) is 0 Å². The third-order valence-corrected chi connectivity index (χ3v) is 2.18. The molecule has 0 unspecified atom stereocenters. The van der Waals surface area contributed by atoms with Crippen molar-refractivity contribution in [3.05, 3.63) is 34.9 Å². The summed E-state index contributed by atoms with van der Waals surface area (Å²) in [4.78, 5) is 11.4. The van der Waals surface area contributed by atoms with E-state index in [0.29, 0.717) is 6.54 Å². The van der Waals surface area contributed by atoms with Gasteiger partial charge in [0, 0.05) is 12.1 Å². The minimum Gasteiger partial charge on any atom is -0.348 e. The fourth-order valence-electron chi connectivity index (χ4n) is 1.42. The third-order valence-electron chi connectivity index (χ3n) is 2.18. The number of allylic oxidation sites excluding steroid dienone is 2. The molecule has 0 aromatic heterocycles. The fourth-order valence-corrected chi connectivity index (χ4v) is 1.42. The Morgan fingerprint density at radius 2 is 1.93 bits per heavy atom. The summed E-state index contributed by atoms with van der Waals surface area (Å²) in [6.07, 6.45) is 5.91. The molecule has 84 valence electrons. The largest absolute Gasteiger partial charge is 0.348 e. The second kappa shape index (κ2) is 7.04. The van der Waals surface area contributed by atoms with E-state index in [-0.39, 0.29) is 5.91 Å². The highest BCUT2D eigenvalue weighted by molar-refractivity contribution is 6.01. The van der Waals surface area contributed by atoms with Crippen LogP contribution < -0.4 is 5.32 Å².